The largest absolute Gasteiger partial charge is 0.306 e. The summed E-state index contributed by atoms with van der Waals surface area (Å²) in [6, 6.07) is 58.6. The summed E-state index contributed by atoms with van der Waals surface area (Å²) < 4.78 is 0. The molecule has 0 N–H and O–H groups in total. The van der Waals surface area contributed by atoms with Crippen LogP contribution in [0.5, 0.6) is 0 Å². The smallest absolute Gasteiger partial charge is 0.101 e. The van der Waals surface area contributed by atoms with E-state index in [2.05, 4.69) is 143 Å². The average molecular weight is 587 g/mol. The van der Waals surface area contributed by atoms with Gasteiger partial charge in [-0.05, 0) is 82.1 Å². The zero-order valence-corrected chi connectivity index (χ0v) is 24.8. The third-order valence-electron chi connectivity index (χ3n) is 8.67. The van der Waals surface area contributed by atoms with E-state index in [9.17, 15) is 10.5 Å². The molecule has 46 heavy (non-hydrogen) atoms. The van der Waals surface area contributed by atoms with Gasteiger partial charge in [-0.25, -0.2) is 0 Å². The summed E-state index contributed by atoms with van der Waals surface area (Å²) in [6.45, 7) is 0. The zero-order chi connectivity index (χ0) is 31.0. The molecule has 7 aromatic carbocycles. The van der Waals surface area contributed by atoms with Gasteiger partial charge in [0.25, 0.3) is 0 Å². The second-order valence-electron chi connectivity index (χ2n) is 11.2. The van der Waals surface area contributed by atoms with E-state index < -0.39 is 0 Å². The Kier molecular flexibility index (Phi) is 6.53. The van der Waals surface area contributed by atoms with E-state index in [0.29, 0.717) is 11.1 Å². The van der Waals surface area contributed by atoms with Crippen LogP contribution in [0.4, 0.5) is 34.1 Å². The fourth-order valence-electron chi connectivity index (χ4n) is 6.66. The maximum atomic E-state index is 10.0. The summed E-state index contributed by atoms with van der Waals surface area (Å²) in [5, 5.41) is 21.8. The fraction of sp³-hybridized carbons (Fsp3) is 0. The van der Waals surface area contributed by atoms with Gasteiger partial charge < -0.3 is 9.80 Å². The van der Waals surface area contributed by atoms with E-state index in [1.54, 1.807) is 6.07 Å². The molecule has 0 bridgehead atoms. The van der Waals surface area contributed by atoms with Gasteiger partial charge in [-0.15, -0.1) is 0 Å². The summed E-state index contributed by atoms with van der Waals surface area (Å²) in [6.07, 6.45) is 0. The number of hydrogen-bond donors (Lipinski definition) is 0. The molecule has 0 saturated heterocycles. The highest BCUT2D eigenvalue weighted by Crippen LogP contribution is 2.54. The van der Waals surface area contributed by atoms with Gasteiger partial charge in [0.1, 0.15) is 12.1 Å². The lowest BCUT2D eigenvalue weighted by atomic mass is 9.88. The molecule has 0 atom stereocenters. The Morgan fingerprint density at radius 2 is 0.891 bits per heavy atom. The molecule has 0 aromatic heterocycles. The number of anilines is 6. The van der Waals surface area contributed by atoms with Crippen molar-refractivity contribution < 1.29 is 0 Å². The highest BCUT2D eigenvalue weighted by molar-refractivity contribution is 6.07. The monoisotopic (exact) mass is 586 g/mol. The van der Waals surface area contributed by atoms with Crippen LogP contribution < -0.4 is 9.80 Å². The summed E-state index contributed by atoms with van der Waals surface area (Å²) >= 11 is 0. The molecular weight excluding hydrogens is 560 g/mol. The van der Waals surface area contributed by atoms with E-state index in [1.165, 1.54) is 0 Å². The number of benzene rings is 7. The molecule has 4 nitrogen and oxygen atoms in total. The van der Waals surface area contributed by atoms with Crippen LogP contribution in [0.25, 0.3) is 33.0 Å². The topological polar surface area (TPSA) is 54.1 Å². The van der Waals surface area contributed by atoms with Crippen LogP contribution in [-0.4, -0.2) is 0 Å². The summed E-state index contributed by atoms with van der Waals surface area (Å²) in [7, 11) is 0. The molecule has 0 aliphatic carbocycles. The maximum absolute atomic E-state index is 10.0. The molecule has 1 heterocycles. The standard InChI is InChI=1S/C42H26N4/c43-27-31-13-10-17-35(37(31)28-44)36-18-9-12-30-11-8-16-34(42(30)36)29-23-25-33(26-24-29)46-40-21-6-4-19-38(40)45(32-14-2-1-3-15-32)39-20-5-7-22-41(39)46/h1-26H. The molecular formula is C42H26N4. The van der Waals surface area contributed by atoms with Crippen LogP contribution in [0.1, 0.15) is 11.1 Å². The number of para-hydroxylation sites is 5. The first-order valence-electron chi connectivity index (χ1n) is 15.2. The normalized spacial score (nSPS) is 11.8. The van der Waals surface area contributed by atoms with Crippen molar-refractivity contribution in [2.75, 3.05) is 9.80 Å². The molecule has 214 valence electrons. The van der Waals surface area contributed by atoms with Gasteiger partial charge in [-0.1, -0.05) is 103 Å². The minimum Gasteiger partial charge on any atom is -0.306 e. The van der Waals surface area contributed by atoms with Gasteiger partial charge in [0.05, 0.1) is 33.9 Å². The lowest BCUT2D eigenvalue weighted by molar-refractivity contribution is 1.17. The van der Waals surface area contributed by atoms with Crippen molar-refractivity contribution in [1.29, 1.82) is 10.5 Å². The predicted molar refractivity (Wildman–Crippen MR) is 187 cm³/mol. The Labute approximate surface area is 267 Å². The minimum absolute atomic E-state index is 0.381. The SMILES string of the molecule is N#Cc1cccc(-c2cccc3cccc(-c4ccc(N5c6ccccc6N(c6ccccc6)c6ccccc65)cc4)c23)c1C#N. The van der Waals surface area contributed by atoms with Crippen LogP contribution in [0.2, 0.25) is 0 Å². The van der Waals surface area contributed by atoms with Crippen molar-refractivity contribution >= 4 is 44.9 Å². The fourth-order valence-corrected chi connectivity index (χ4v) is 6.66. The van der Waals surface area contributed by atoms with Crippen molar-refractivity contribution in [2.45, 2.75) is 0 Å². The first-order valence-corrected chi connectivity index (χ1v) is 15.2. The lowest BCUT2D eigenvalue weighted by Crippen LogP contribution is -2.23. The number of fused-ring (bicyclic) bond motifs is 3. The average Bonchev–Trinajstić information content (AvgIpc) is 3.13. The number of rotatable bonds is 4. The van der Waals surface area contributed by atoms with Crippen LogP contribution >= 0.6 is 0 Å². The molecule has 1 aliphatic heterocycles. The quantitative estimate of drug-likeness (QED) is 0.206. The third-order valence-corrected chi connectivity index (χ3v) is 8.67. The Morgan fingerprint density at radius 1 is 0.391 bits per heavy atom. The second kappa shape index (κ2) is 11.1. The van der Waals surface area contributed by atoms with Crippen molar-refractivity contribution in [3.63, 3.8) is 0 Å². The van der Waals surface area contributed by atoms with Gasteiger partial charge in [0, 0.05) is 16.9 Å². The molecule has 0 radical (unpaired) electrons. The molecule has 7 aromatic rings. The van der Waals surface area contributed by atoms with Crippen LogP contribution in [0.15, 0.2) is 158 Å². The third kappa shape index (κ3) is 4.29. The van der Waals surface area contributed by atoms with Gasteiger partial charge in [0.2, 0.25) is 0 Å². The van der Waals surface area contributed by atoms with Crippen LogP contribution in [-0.2, 0) is 0 Å². The van der Waals surface area contributed by atoms with Gasteiger partial charge >= 0.3 is 0 Å². The molecule has 0 amide bonds. The highest BCUT2D eigenvalue weighted by atomic mass is 15.3. The molecule has 4 heteroatoms. The van der Waals surface area contributed by atoms with Crippen molar-refractivity contribution in [2.24, 2.45) is 0 Å². The molecule has 0 saturated carbocycles. The molecule has 0 spiro atoms. The first-order chi connectivity index (χ1) is 22.8. The Balaban J connectivity index is 1.27. The Morgan fingerprint density at radius 3 is 1.46 bits per heavy atom. The highest BCUT2D eigenvalue weighted by Gasteiger charge is 2.30. The molecule has 8 rings (SSSR count). The maximum Gasteiger partial charge on any atom is 0.101 e. The van der Waals surface area contributed by atoms with Gasteiger partial charge in [0.15, 0.2) is 0 Å². The molecule has 1 aliphatic rings. The van der Waals surface area contributed by atoms with Crippen molar-refractivity contribution in [1.82, 2.24) is 0 Å². The van der Waals surface area contributed by atoms with Crippen molar-refractivity contribution in [3.8, 4) is 34.4 Å². The number of nitriles is 2. The van der Waals surface area contributed by atoms with Crippen LogP contribution in [0, 0.1) is 22.7 Å². The Bertz CT molecular complexity index is 2290. The lowest BCUT2D eigenvalue weighted by Gasteiger charge is -2.40. The summed E-state index contributed by atoms with van der Waals surface area (Å²) in [4.78, 5) is 4.65. The van der Waals surface area contributed by atoms with Gasteiger partial charge in [-0.2, -0.15) is 10.5 Å². The van der Waals surface area contributed by atoms with E-state index in [4.69, 9.17) is 0 Å². The summed E-state index contributed by atoms with van der Waals surface area (Å²) in [5.74, 6) is 0. The van der Waals surface area contributed by atoms with E-state index in [1.807, 2.05) is 30.3 Å². The van der Waals surface area contributed by atoms with Gasteiger partial charge in [-0.3, -0.25) is 0 Å². The number of nitrogens with zero attached hydrogens (tertiary/aromatic N) is 4. The predicted octanol–water partition coefficient (Wildman–Crippen LogP) is 11.2. The van der Waals surface area contributed by atoms with E-state index >= 15 is 0 Å². The van der Waals surface area contributed by atoms with E-state index in [-0.39, 0.29) is 0 Å². The number of hydrogen-bond acceptors (Lipinski definition) is 4. The van der Waals surface area contributed by atoms with Crippen molar-refractivity contribution in [3.05, 3.63) is 169 Å². The summed E-state index contributed by atoms with van der Waals surface area (Å²) in [5.41, 5.74) is 11.2. The zero-order valence-electron chi connectivity index (χ0n) is 24.8. The second-order valence-corrected chi connectivity index (χ2v) is 11.2. The molecule has 0 unspecified atom stereocenters. The van der Waals surface area contributed by atoms with Crippen LogP contribution in [0.3, 0.4) is 0 Å². The minimum atomic E-state index is 0.381. The molecule has 0 fully saturated rings. The Hall–Kier alpha value is -6.62. The van der Waals surface area contributed by atoms with E-state index in [0.717, 1.165) is 67.2 Å². The first kappa shape index (κ1) is 27.0.